The second kappa shape index (κ2) is 10.8. The second-order valence-corrected chi connectivity index (χ2v) is 12.6. The fourth-order valence-electron chi connectivity index (χ4n) is 6.38. The standard InChI is InChI=1S/C33H34ClFN6O3/c1-17-24(11-21(34)12-28(17)42)25-7-6-19-9-27(41(31(19)37-25)14-18-4-5-18)32-38-26-8-20(10-29(44-3)30(26)39(32)2)33(43)40-15-22(35)13-23(36)16-40/h6-12,18,22-23,42H,4-5,13-16,36H2,1-3H3/t22-,23-/m1/s1. The quantitative estimate of drug-likeness (QED) is 0.247. The van der Waals surface area contributed by atoms with E-state index in [1.807, 2.05) is 36.7 Å². The largest absolute Gasteiger partial charge is 0.508 e. The number of phenols is 1. The molecule has 5 aromatic rings. The van der Waals surface area contributed by atoms with E-state index >= 15 is 0 Å². The highest BCUT2D eigenvalue weighted by molar-refractivity contribution is 6.31. The van der Waals surface area contributed by atoms with Crippen molar-refractivity contribution in [1.29, 1.82) is 0 Å². The number of likely N-dealkylation sites (tertiary alicyclic amines) is 1. The van der Waals surface area contributed by atoms with Gasteiger partial charge in [-0.3, -0.25) is 4.79 Å². The van der Waals surface area contributed by atoms with Crippen LogP contribution in [0.4, 0.5) is 4.39 Å². The van der Waals surface area contributed by atoms with Crippen molar-refractivity contribution >= 4 is 39.6 Å². The van der Waals surface area contributed by atoms with Gasteiger partial charge in [0.15, 0.2) is 5.82 Å². The molecular weight excluding hydrogens is 583 g/mol. The van der Waals surface area contributed by atoms with Gasteiger partial charge in [-0.25, -0.2) is 14.4 Å². The molecule has 2 aromatic carbocycles. The third-order valence-corrected chi connectivity index (χ3v) is 9.07. The highest BCUT2D eigenvalue weighted by Gasteiger charge is 2.30. The van der Waals surface area contributed by atoms with Gasteiger partial charge in [0, 0.05) is 53.3 Å². The third-order valence-electron chi connectivity index (χ3n) is 8.85. The van der Waals surface area contributed by atoms with Crippen LogP contribution in [0.15, 0.2) is 42.5 Å². The summed E-state index contributed by atoms with van der Waals surface area (Å²) in [6.45, 7) is 2.96. The average molecular weight is 617 g/mol. The predicted molar refractivity (Wildman–Crippen MR) is 169 cm³/mol. The lowest BCUT2D eigenvalue weighted by Crippen LogP contribution is -2.50. The number of nitrogens with two attached hydrogens (primary N) is 1. The highest BCUT2D eigenvalue weighted by Crippen LogP contribution is 2.39. The fourth-order valence-corrected chi connectivity index (χ4v) is 6.59. The number of carbonyl (C=O) groups is 1. The van der Waals surface area contributed by atoms with Crippen LogP contribution >= 0.6 is 11.6 Å². The monoisotopic (exact) mass is 616 g/mol. The van der Waals surface area contributed by atoms with Crippen molar-refractivity contribution in [2.45, 2.75) is 44.9 Å². The van der Waals surface area contributed by atoms with Gasteiger partial charge in [0.2, 0.25) is 0 Å². The van der Waals surface area contributed by atoms with E-state index in [1.54, 1.807) is 19.2 Å². The van der Waals surface area contributed by atoms with Crippen LogP contribution in [0.5, 0.6) is 11.5 Å². The molecule has 1 saturated carbocycles. The molecule has 4 heterocycles. The van der Waals surface area contributed by atoms with E-state index in [0.717, 1.165) is 52.9 Å². The van der Waals surface area contributed by atoms with Crippen molar-refractivity contribution in [2.75, 3.05) is 20.2 Å². The number of hydrogen-bond donors (Lipinski definition) is 2. The number of phenolic OH excluding ortho intramolecular Hbond substituents is 1. The van der Waals surface area contributed by atoms with Gasteiger partial charge in [0.25, 0.3) is 5.91 Å². The van der Waals surface area contributed by atoms with Crippen molar-refractivity contribution in [2.24, 2.45) is 18.7 Å². The number of rotatable bonds is 6. The maximum atomic E-state index is 14.3. The topological polar surface area (TPSA) is 111 Å². The molecule has 0 unspecified atom stereocenters. The van der Waals surface area contributed by atoms with Crippen LogP contribution in [-0.2, 0) is 13.6 Å². The van der Waals surface area contributed by atoms with E-state index < -0.39 is 12.2 Å². The molecule has 7 rings (SSSR count). The molecule has 11 heteroatoms. The Morgan fingerprint density at radius 2 is 1.95 bits per heavy atom. The molecule has 0 bridgehead atoms. The van der Waals surface area contributed by atoms with Crippen molar-refractivity contribution < 1.29 is 19.0 Å². The van der Waals surface area contributed by atoms with Crippen molar-refractivity contribution in [3.05, 3.63) is 58.6 Å². The molecular formula is C33H34ClFN6O3. The molecule has 3 N–H and O–H groups in total. The number of pyridine rings is 1. The number of carbonyl (C=O) groups excluding carboxylic acids is 1. The number of hydrogen-bond acceptors (Lipinski definition) is 6. The SMILES string of the molecule is COc1cc(C(=O)N2C[C@H](N)C[C@@H](F)C2)cc2nc(-c3cc4ccc(-c5cc(Cl)cc(O)c5C)nc4n3CC3CC3)n(C)c12. The summed E-state index contributed by atoms with van der Waals surface area (Å²) >= 11 is 6.29. The normalized spacial score (nSPS) is 18.8. The number of halogens is 2. The first kappa shape index (κ1) is 28.6. The predicted octanol–water partition coefficient (Wildman–Crippen LogP) is 5.85. The van der Waals surface area contributed by atoms with Gasteiger partial charge < -0.3 is 29.6 Å². The molecule has 9 nitrogen and oxygen atoms in total. The van der Waals surface area contributed by atoms with E-state index in [1.165, 1.54) is 11.0 Å². The molecule has 2 fully saturated rings. The number of piperidine rings is 1. The van der Waals surface area contributed by atoms with Gasteiger partial charge in [-0.1, -0.05) is 11.6 Å². The van der Waals surface area contributed by atoms with Crippen LogP contribution in [0, 0.1) is 12.8 Å². The van der Waals surface area contributed by atoms with E-state index in [4.69, 9.17) is 32.0 Å². The Hall–Kier alpha value is -4.15. The summed E-state index contributed by atoms with van der Waals surface area (Å²) in [5.74, 6) is 1.60. The molecule has 2 aliphatic rings. The molecule has 1 aliphatic carbocycles. The average Bonchev–Trinajstić information content (AvgIpc) is 3.66. The minimum atomic E-state index is -1.15. The summed E-state index contributed by atoms with van der Waals surface area (Å²) in [4.78, 5) is 25.0. The Kier molecular flexibility index (Phi) is 7.01. The van der Waals surface area contributed by atoms with Gasteiger partial charge in [0.1, 0.15) is 28.8 Å². The van der Waals surface area contributed by atoms with Crippen molar-refractivity contribution in [3.63, 3.8) is 0 Å². The molecule has 1 saturated heterocycles. The van der Waals surface area contributed by atoms with Crippen LogP contribution in [-0.4, -0.2) is 67.4 Å². The summed E-state index contributed by atoms with van der Waals surface area (Å²) in [7, 11) is 3.50. The van der Waals surface area contributed by atoms with Crippen molar-refractivity contribution in [1.82, 2.24) is 24.0 Å². The summed E-state index contributed by atoms with van der Waals surface area (Å²) in [6.07, 6.45) is 1.41. The molecule has 0 spiro atoms. The first-order valence-electron chi connectivity index (χ1n) is 14.8. The molecule has 228 valence electrons. The molecule has 1 aliphatic heterocycles. The number of amides is 1. The maximum Gasteiger partial charge on any atom is 0.254 e. The first-order valence-corrected chi connectivity index (χ1v) is 15.2. The number of nitrogens with zero attached hydrogens (tertiary/aromatic N) is 5. The van der Waals surface area contributed by atoms with Crippen LogP contribution < -0.4 is 10.5 Å². The highest BCUT2D eigenvalue weighted by atomic mass is 35.5. The van der Waals surface area contributed by atoms with Gasteiger partial charge in [-0.05, 0) is 74.6 Å². The number of imidazole rings is 1. The first-order chi connectivity index (χ1) is 21.1. The summed E-state index contributed by atoms with van der Waals surface area (Å²) in [5.41, 5.74) is 11.7. The lowest BCUT2D eigenvalue weighted by molar-refractivity contribution is 0.0606. The zero-order chi connectivity index (χ0) is 30.9. The molecule has 1 amide bonds. The van der Waals surface area contributed by atoms with E-state index in [0.29, 0.717) is 45.7 Å². The number of ether oxygens (including phenoxy) is 1. The summed E-state index contributed by atoms with van der Waals surface area (Å²) < 4.78 is 24.2. The zero-order valence-electron chi connectivity index (χ0n) is 24.8. The smallest absolute Gasteiger partial charge is 0.254 e. The number of aryl methyl sites for hydroxylation is 1. The minimum Gasteiger partial charge on any atom is -0.508 e. The van der Waals surface area contributed by atoms with E-state index in [-0.39, 0.29) is 24.6 Å². The van der Waals surface area contributed by atoms with E-state index in [2.05, 4.69) is 10.6 Å². The number of methoxy groups -OCH3 is 1. The number of aromatic hydroxyl groups is 1. The van der Waals surface area contributed by atoms with Gasteiger partial charge in [-0.2, -0.15) is 0 Å². The lowest BCUT2D eigenvalue weighted by Gasteiger charge is -2.33. The molecule has 3 aromatic heterocycles. The minimum absolute atomic E-state index is 0.0188. The van der Waals surface area contributed by atoms with Gasteiger partial charge >= 0.3 is 0 Å². The van der Waals surface area contributed by atoms with Crippen LogP contribution in [0.2, 0.25) is 5.02 Å². The molecule has 0 radical (unpaired) electrons. The Labute approximate surface area is 259 Å². The third kappa shape index (κ3) is 4.95. The van der Waals surface area contributed by atoms with Gasteiger partial charge in [0.05, 0.1) is 30.6 Å². The van der Waals surface area contributed by atoms with E-state index in [9.17, 15) is 14.3 Å². The molecule has 44 heavy (non-hydrogen) atoms. The second-order valence-electron chi connectivity index (χ2n) is 12.1. The Morgan fingerprint density at radius 3 is 2.68 bits per heavy atom. The van der Waals surface area contributed by atoms with Crippen LogP contribution in [0.3, 0.4) is 0 Å². The summed E-state index contributed by atoms with van der Waals surface area (Å²) in [6, 6.07) is 12.5. The van der Waals surface area contributed by atoms with Crippen LogP contribution in [0.1, 0.15) is 35.2 Å². The summed E-state index contributed by atoms with van der Waals surface area (Å²) in [5, 5.41) is 11.8. The lowest BCUT2D eigenvalue weighted by atomic mass is 10.0. The number of aromatic nitrogens is 4. The maximum absolute atomic E-state index is 14.3. The fraction of sp³-hybridized carbons (Fsp3) is 0.364. The Morgan fingerprint density at radius 1 is 1.16 bits per heavy atom. The number of benzene rings is 2. The Bertz CT molecular complexity index is 1940. The number of fused-ring (bicyclic) bond motifs is 2. The van der Waals surface area contributed by atoms with Crippen molar-refractivity contribution in [3.8, 4) is 34.3 Å². The Balaban J connectivity index is 1.35. The molecule has 2 atom stereocenters. The number of alkyl halides is 1. The zero-order valence-corrected chi connectivity index (χ0v) is 25.6. The van der Waals surface area contributed by atoms with Gasteiger partial charge in [-0.15, -0.1) is 0 Å². The van der Waals surface area contributed by atoms with Crippen LogP contribution in [0.25, 0.3) is 44.8 Å².